The molecular weight excluding hydrogens is 234 g/mol. The summed E-state index contributed by atoms with van der Waals surface area (Å²) in [6, 6.07) is 1.47. The summed E-state index contributed by atoms with van der Waals surface area (Å²) in [5.41, 5.74) is 0. The minimum Gasteiger partial charge on any atom is -0.313 e. The molecule has 0 saturated carbocycles. The van der Waals surface area contributed by atoms with Crippen LogP contribution in [-0.2, 0) is 0 Å². The van der Waals surface area contributed by atoms with Crippen LogP contribution in [0.1, 0.15) is 51.9 Å². The van der Waals surface area contributed by atoms with Crippen LogP contribution in [0.15, 0.2) is 0 Å². The summed E-state index contributed by atoms with van der Waals surface area (Å²) in [6.07, 6.45) is 9.79. The lowest BCUT2D eigenvalue weighted by Gasteiger charge is -2.33. The van der Waals surface area contributed by atoms with Crippen molar-refractivity contribution in [3.63, 3.8) is 0 Å². The van der Waals surface area contributed by atoms with Crippen molar-refractivity contribution in [1.29, 1.82) is 0 Å². The second-order valence-corrected chi connectivity index (χ2v) is 6.64. The second-order valence-electron chi connectivity index (χ2n) is 6.64. The molecule has 0 aromatic carbocycles. The number of piperidine rings is 2. The van der Waals surface area contributed by atoms with E-state index in [9.17, 15) is 0 Å². The van der Waals surface area contributed by atoms with Gasteiger partial charge in [0.15, 0.2) is 0 Å². The van der Waals surface area contributed by atoms with E-state index < -0.39 is 0 Å². The summed E-state index contributed by atoms with van der Waals surface area (Å²) in [7, 11) is 2.29. The Kier molecular flexibility index (Phi) is 6.62. The molecule has 112 valence electrons. The number of rotatable bonds is 6. The highest BCUT2D eigenvalue weighted by Crippen LogP contribution is 2.17. The second kappa shape index (κ2) is 8.23. The highest BCUT2D eigenvalue weighted by Gasteiger charge is 2.18. The van der Waals surface area contributed by atoms with Gasteiger partial charge >= 0.3 is 0 Å². The van der Waals surface area contributed by atoms with Crippen LogP contribution >= 0.6 is 0 Å². The van der Waals surface area contributed by atoms with Crippen molar-refractivity contribution in [2.75, 3.05) is 39.8 Å². The van der Waals surface area contributed by atoms with Crippen LogP contribution in [0.25, 0.3) is 0 Å². The summed E-state index contributed by atoms with van der Waals surface area (Å²) in [4.78, 5) is 5.19. The first kappa shape index (κ1) is 15.3. The summed E-state index contributed by atoms with van der Waals surface area (Å²) in [5.74, 6) is 0. The van der Waals surface area contributed by atoms with Crippen LogP contribution in [0.4, 0.5) is 0 Å². The molecule has 0 aliphatic carbocycles. The lowest BCUT2D eigenvalue weighted by atomic mass is 10.00. The molecule has 0 aromatic heterocycles. The van der Waals surface area contributed by atoms with Crippen molar-refractivity contribution in [1.82, 2.24) is 15.1 Å². The lowest BCUT2D eigenvalue weighted by Crippen LogP contribution is -2.43. The minimum absolute atomic E-state index is 0.645. The zero-order valence-corrected chi connectivity index (χ0v) is 13.0. The van der Waals surface area contributed by atoms with Crippen molar-refractivity contribution in [2.24, 2.45) is 0 Å². The van der Waals surface area contributed by atoms with E-state index in [1.165, 1.54) is 77.7 Å². The van der Waals surface area contributed by atoms with Gasteiger partial charge in [-0.15, -0.1) is 0 Å². The average Bonchev–Trinajstić information content (AvgIpc) is 2.42. The monoisotopic (exact) mass is 267 g/mol. The van der Waals surface area contributed by atoms with Crippen molar-refractivity contribution >= 4 is 0 Å². The fourth-order valence-electron chi connectivity index (χ4n) is 3.60. The van der Waals surface area contributed by atoms with Gasteiger partial charge in [0.05, 0.1) is 0 Å². The van der Waals surface area contributed by atoms with E-state index in [-0.39, 0.29) is 0 Å². The third kappa shape index (κ3) is 5.41. The van der Waals surface area contributed by atoms with Crippen LogP contribution in [0, 0.1) is 0 Å². The Morgan fingerprint density at radius 1 is 1.05 bits per heavy atom. The molecule has 3 heteroatoms. The molecule has 2 unspecified atom stereocenters. The molecule has 0 amide bonds. The van der Waals surface area contributed by atoms with Gasteiger partial charge in [0, 0.05) is 18.6 Å². The van der Waals surface area contributed by atoms with Gasteiger partial charge in [-0.1, -0.05) is 12.8 Å². The fraction of sp³-hybridized carbons (Fsp3) is 1.00. The maximum Gasteiger partial charge on any atom is 0.0166 e. The maximum atomic E-state index is 3.73. The van der Waals surface area contributed by atoms with Crippen LogP contribution in [0.5, 0.6) is 0 Å². The molecule has 0 bridgehead atoms. The molecule has 2 atom stereocenters. The summed E-state index contributed by atoms with van der Waals surface area (Å²) in [5, 5.41) is 3.73. The highest BCUT2D eigenvalue weighted by atomic mass is 15.2. The highest BCUT2D eigenvalue weighted by molar-refractivity contribution is 4.76. The molecule has 2 rings (SSSR count). The summed E-state index contributed by atoms with van der Waals surface area (Å²) < 4.78 is 0. The standard InChI is InChI=1S/C16H33N3/c1-15(14-19-12-5-3-6-13-19)17-10-9-16-8-4-7-11-18(16)2/h15-17H,3-14H2,1-2H3. The normalized spacial score (nSPS) is 28.4. The Bertz CT molecular complexity index is 238. The van der Waals surface area contributed by atoms with E-state index in [1.807, 2.05) is 0 Å². The predicted molar refractivity (Wildman–Crippen MR) is 82.6 cm³/mol. The van der Waals surface area contributed by atoms with Gasteiger partial charge in [-0.2, -0.15) is 0 Å². The predicted octanol–water partition coefficient (Wildman–Crippen LogP) is 2.32. The number of nitrogens with one attached hydrogen (secondary N) is 1. The summed E-state index contributed by atoms with van der Waals surface area (Å²) in [6.45, 7) is 8.70. The van der Waals surface area contributed by atoms with Crippen LogP contribution in [0.2, 0.25) is 0 Å². The minimum atomic E-state index is 0.645. The SMILES string of the molecule is CC(CN1CCCCC1)NCCC1CCCCN1C. The first-order valence-corrected chi connectivity index (χ1v) is 8.41. The van der Waals surface area contributed by atoms with Gasteiger partial charge in [-0.25, -0.2) is 0 Å². The Morgan fingerprint density at radius 2 is 1.79 bits per heavy atom. The molecule has 19 heavy (non-hydrogen) atoms. The molecule has 0 aromatic rings. The Morgan fingerprint density at radius 3 is 2.53 bits per heavy atom. The quantitative estimate of drug-likeness (QED) is 0.797. The molecule has 0 spiro atoms. The van der Waals surface area contributed by atoms with E-state index >= 15 is 0 Å². The van der Waals surface area contributed by atoms with Gasteiger partial charge in [0.2, 0.25) is 0 Å². The number of nitrogens with zero attached hydrogens (tertiary/aromatic N) is 2. The molecule has 0 radical (unpaired) electrons. The van der Waals surface area contributed by atoms with Crippen LogP contribution in [-0.4, -0.2) is 61.7 Å². The van der Waals surface area contributed by atoms with Crippen molar-refractivity contribution < 1.29 is 0 Å². The lowest BCUT2D eigenvalue weighted by molar-refractivity contribution is 0.171. The first-order valence-electron chi connectivity index (χ1n) is 8.41. The Balaban J connectivity index is 1.56. The zero-order chi connectivity index (χ0) is 13.5. The fourth-order valence-corrected chi connectivity index (χ4v) is 3.60. The van der Waals surface area contributed by atoms with Crippen molar-refractivity contribution in [3.05, 3.63) is 0 Å². The average molecular weight is 267 g/mol. The van der Waals surface area contributed by atoms with Crippen molar-refractivity contribution in [2.45, 2.75) is 64.0 Å². The van der Waals surface area contributed by atoms with E-state index in [2.05, 4.69) is 29.1 Å². The maximum absolute atomic E-state index is 3.73. The molecule has 3 nitrogen and oxygen atoms in total. The number of hydrogen-bond acceptors (Lipinski definition) is 3. The number of likely N-dealkylation sites (tertiary alicyclic amines) is 2. The molecule has 2 fully saturated rings. The van der Waals surface area contributed by atoms with E-state index in [0.29, 0.717) is 6.04 Å². The molecule has 2 aliphatic heterocycles. The molecule has 1 N–H and O–H groups in total. The van der Waals surface area contributed by atoms with Gasteiger partial charge in [0.1, 0.15) is 0 Å². The van der Waals surface area contributed by atoms with Gasteiger partial charge < -0.3 is 15.1 Å². The molecule has 2 aliphatic rings. The summed E-state index contributed by atoms with van der Waals surface area (Å²) >= 11 is 0. The largest absolute Gasteiger partial charge is 0.313 e. The van der Waals surface area contributed by atoms with E-state index in [0.717, 1.165) is 6.04 Å². The van der Waals surface area contributed by atoms with E-state index in [4.69, 9.17) is 0 Å². The van der Waals surface area contributed by atoms with Crippen LogP contribution in [0.3, 0.4) is 0 Å². The third-order valence-electron chi connectivity index (χ3n) is 4.87. The Labute approximate surface area is 119 Å². The van der Waals surface area contributed by atoms with E-state index in [1.54, 1.807) is 0 Å². The van der Waals surface area contributed by atoms with Gasteiger partial charge in [0.25, 0.3) is 0 Å². The van der Waals surface area contributed by atoms with Crippen molar-refractivity contribution in [3.8, 4) is 0 Å². The zero-order valence-electron chi connectivity index (χ0n) is 13.0. The first-order chi connectivity index (χ1) is 9.25. The van der Waals surface area contributed by atoms with Crippen LogP contribution < -0.4 is 5.32 Å². The molecule has 2 heterocycles. The number of hydrogen-bond donors (Lipinski definition) is 1. The molecule has 2 saturated heterocycles. The smallest absolute Gasteiger partial charge is 0.0166 e. The van der Waals surface area contributed by atoms with Gasteiger partial charge in [-0.05, 0) is 72.3 Å². The topological polar surface area (TPSA) is 18.5 Å². The van der Waals surface area contributed by atoms with Gasteiger partial charge in [-0.3, -0.25) is 0 Å². The molecular formula is C16H33N3. The Hall–Kier alpha value is -0.120. The third-order valence-corrected chi connectivity index (χ3v) is 4.87.